The maximum Gasteiger partial charge on any atom is 0.175 e. The van der Waals surface area contributed by atoms with Crippen LogP contribution in [0.5, 0.6) is 0 Å². The molecular formula is C47H50N12S. The number of hydrogen-bond donors (Lipinski definition) is 0. The molecule has 0 spiro atoms. The van der Waals surface area contributed by atoms with Crippen LogP contribution in [0.4, 0.5) is 39.1 Å². The normalized spacial score (nSPS) is 15.6. The number of piperazine rings is 2. The average Bonchev–Trinajstić information content (AvgIpc) is 3.70. The number of pyridine rings is 1. The maximum absolute atomic E-state index is 9.38. The van der Waals surface area contributed by atoms with Gasteiger partial charge in [-0.3, -0.25) is 14.8 Å². The first-order valence-corrected chi connectivity index (χ1v) is 21.7. The van der Waals surface area contributed by atoms with E-state index in [-0.39, 0.29) is 0 Å². The Bertz CT molecular complexity index is 2450. The molecule has 0 radical (unpaired) electrons. The molecule has 6 aromatic rings. The van der Waals surface area contributed by atoms with Crippen molar-refractivity contribution in [2.24, 2.45) is 25.4 Å². The Morgan fingerprint density at radius 3 is 1.72 bits per heavy atom. The van der Waals surface area contributed by atoms with Crippen LogP contribution in [0.15, 0.2) is 129 Å². The topological polar surface area (TPSA) is 124 Å². The molecule has 12 nitrogen and oxygen atoms in total. The first-order valence-electron chi connectivity index (χ1n) is 20.9. The highest BCUT2D eigenvalue weighted by molar-refractivity contribution is 7.11. The van der Waals surface area contributed by atoms with Gasteiger partial charge in [0, 0.05) is 83.0 Å². The second-order valence-corrected chi connectivity index (χ2v) is 16.1. The van der Waals surface area contributed by atoms with E-state index in [9.17, 15) is 5.26 Å². The minimum absolute atomic E-state index is 0.529. The van der Waals surface area contributed by atoms with E-state index >= 15 is 0 Å². The van der Waals surface area contributed by atoms with Crippen molar-refractivity contribution in [2.45, 2.75) is 33.1 Å². The van der Waals surface area contributed by atoms with Gasteiger partial charge in [0.2, 0.25) is 0 Å². The lowest BCUT2D eigenvalue weighted by atomic mass is 10.1. The van der Waals surface area contributed by atoms with Crippen LogP contribution in [0.25, 0.3) is 11.0 Å². The summed E-state index contributed by atoms with van der Waals surface area (Å²) < 4.78 is 4.38. The van der Waals surface area contributed by atoms with Crippen molar-refractivity contribution in [3.05, 3.63) is 126 Å². The van der Waals surface area contributed by atoms with Crippen molar-refractivity contribution in [1.82, 2.24) is 19.2 Å². The molecule has 304 valence electrons. The van der Waals surface area contributed by atoms with E-state index in [4.69, 9.17) is 0 Å². The minimum atomic E-state index is 0.529. The number of aryl methyl sites for hydroxylation is 2. The number of nitriles is 1. The van der Waals surface area contributed by atoms with Crippen LogP contribution >= 0.6 is 11.5 Å². The fourth-order valence-electron chi connectivity index (χ4n) is 7.47. The van der Waals surface area contributed by atoms with Crippen molar-refractivity contribution in [3.8, 4) is 6.07 Å². The highest BCUT2D eigenvalue weighted by atomic mass is 32.1. The zero-order chi connectivity index (χ0) is 41.1. The first kappa shape index (κ1) is 40.6. The third kappa shape index (κ3) is 10.5. The lowest BCUT2D eigenvalue weighted by Crippen LogP contribution is -2.51. The summed E-state index contributed by atoms with van der Waals surface area (Å²) in [5.74, 6) is 0. The molecule has 0 bridgehead atoms. The van der Waals surface area contributed by atoms with Gasteiger partial charge in [-0.25, -0.2) is 4.98 Å². The van der Waals surface area contributed by atoms with Gasteiger partial charge in [-0.05, 0) is 121 Å². The van der Waals surface area contributed by atoms with Crippen LogP contribution in [0, 0.1) is 18.3 Å². The number of fused-ring (bicyclic) bond motifs is 1. The van der Waals surface area contributed by atoms with Crippen molar-refractivity contribution in [2.75, 3.05) is 75.2 Å². The van der Waals surface area contributed by atoms with E-state index in [0.717, 1.165) is 106 Å². The molecule has 2 aliphatic rings. The SMILES string of the molecule is CCCCc1ccc(/N=C/c2ccc(N=Nc3ccc(N4CCN(CCN5CCN(c6ccc(N=Nc7snc8nc(C)c(C#N)cc78)cc6)CC5)CC4)cc3)cc2)cc1. The van der Waals surface area contributed by atoms with Crippen molar-refractivity contribution < 1.29 is 0 Å². The number of rotatable bonds is 14. The minimum Gasteiger partial charge on any atom is -0.369 e. The van der Waals surface area contributed by atoms with Gasteiger partial charge < -0.3 is 9.80 Å². The molecule has 4 heterocycles. The van der Waals surface area contributed by atoms with E-state index in [2.05, 4.69) is 128 Å². The Morgan fingerprint density at radius 2 is 1.18 bits per heavy atom. The van der Waals surface area contributed by atoms with Crippen LogP contribution in [-0.4, -0.2) is 90.8 Å². The molecule has 0 aliphatic carbocycles. The first-order chi connectivity index (χ1) is 29.5. The maximum atomic E-state index is 9.38. The molecule has 2 fully saturated rings. The lowest BCUT2D eigenvalue weighted by molar-refractivity contribution is 0.190. The fraction of sp³-hybridized carbons (Fsp3) is 0.319. The van der Waals surface area contributed by atoms with Crippen molar-refractivity contribution in [3.63, 3.8) is 0 Å². The number of unbranched alkanes of at least 4 members (excludes halogenated alkanes) is 1. The molecule has 0 atom stereocenters. The molecule has 0 unspecified atom stereocenters. The lowest BCUT2D eigenvalue weighted by Gasteiger charge is -2.39. The third-order valence-electron chi connectivity index (χ3n) is 11.2. The summed E-state index contributed by atoms with van der Waals surface area (Å²) in [6.45, 7) is 14.5. The van der Waals surface area contributed by atoms with Gasteiger partial charge in [0.05, 0.1) is 39.4 Å². The van der Waals surface area contributed by atoms with E-state index < -0.39 is 0 Å². The zero-order valence-electron chi connectivity index (χ0n) is 34.4. The smallest absolute Gasteiger partial charge is 0.175 e. The van der Waals surface area contributed by atoms with Crippen LogP contribution in [0.3, 0.4) is 0 Å². The molecule has 13 heteroatoms. The monoisotopic (exact) mass is 814 g/mol. The van der Waals surface area contributed by atoms with E-state index in [1.54, 1.807) is 6.07 Å². The number of anilines is 2. The van der Waals surface area contributed by atoms with Crippen LogP contribution in [0.1, 0.15) is 42.1 Å². The van der Waals surface area contributed by atoms with Crippen LogP contribution < -0.4 is 9.80 Å². The van der Waals surface area contributed by atoms with Crippen molar-refractivity contribution in [1.29, 1.82) is 5.26 Å². The molecule has 0 amide bonds. The summed E-state index contributed by atoms with van der Waals surface area (Å²) in [6.07, 6.45) is 5.44. The second-order valence-electron chi connectivity index (χ2n) is 15.3. The number of hydrogen-bond acceptors (Lipinski definition) is 13. The van der Waals surface area contributed by atoms with Crippen LogP contribution in [0.2, 0.25) is 0 Å². The number of nitrogens with zero attached hydrogens (tertiary/aromatic N) is 12. The molecule has 60 heavy (non-hydrogen) atoms. The van der Waals surface area contributed by atoms with E-state index in [0.29, 0.717) is 21.9 Å². The Labute approximate surface area is 356 Å². The van der Waals surface area contributed by atoms with Gasteiger partial charge in [-0.2, -0.15) is 19.9 Å². The van der Waals surface area contributed by atoms with Crippen molar-refractivity contribution >= 4 is 67.9 Å². The van der Waals surface area contributed by atoms with E-state index in [1.807, 2.05) is 49.5 Å². The molecular weight excluding hydrogens is 765 g/mol. The molecule has 4 aromatic carbocycles. The summed E-state index contributed by atoms with van der Waals surface area (Å²) >= 11 is 1.24. The quantitative estimate of drug-likeness (QED) is 0.0792. The van der Waals surface area contributed by atoms with Gasteiger partial charge in [0.1, 0.15) is 6.07 Å². The molecule has 0 saturated carbocycles. The van der Waals surface area contributed by atoms with Gasteiger partial charge in [0.15, 0.2) is 10.6 Å². The summed E-state index contributed by atoms with van der Waals surface area (Å²) in [4.78, 5) is 19.1. The summed E-state index contributed by atoms with van der Waals surface area (Å²) in [5, 5.41) is 28.6. The molecule has 0 N–H and O–H groups in total. The standard InChI is InChI=1S/C47H50N12S/c1-3-4-5-36-6-10-39(11-7-36)49-34-37-8-12-40(13-9-37)51-52-41-14-18-43(19-15-41)58-28-24-56(25-29-58)22-23-57-26-30-59(31-27-57)44-20-16-42(17-21-44)53-54-47-45-32-38(33-48)35(2)50-46(45)55-60-47/h6-21,32,34H,3-5,22-31H2,1-2H3/b49-34+,52-51?,54-53?. The van der Waals surface area contributed by atoms with E-state index in [1.165, 1.54) is 41.3 Å². The predicted molar refractivity (Wildman–Crippen MR) is 244 cm³/mol. The highest BCUT2D eigenvalue weighted by Gasteiger charge is 2.21. The Hall–Kier alpha value is -6.20. The molecule has 2 aromatic heterocycles. The Kier molecular flexibility index (Phi) is 13.3. The molecule has 2 aliphatic heterocycles. The third-order valence-corrected chi connectivity index (χ3v) is 12.0. The highest BCUT2D eigenvalue weighted by Crippen LogP contribution is 2.33. The zero-order valence-corrected chi connectivity index (χ0v) is 35.2. The number of aromatic nitrogens is 2. The number of benzene rings is 4. The molecule has 2 saturated heterocycles. The average molecular weight is 815 g/mol. The van der Waals surface area contributed by atoms with Gasteiger partial charge in [-0.15, -0.1) is 10.2 Å². The summed E-state index contributed by atoms with van der Waals surface area (Å²) in [7, 11) is 0. The predicted octanol–water partition coefficient (Wildman–Crippen LogP) is 10.7. The van der Waals surface area contributed by atoms with Gasteiger partial charge in [-0.1, -0.05) is 37.6 Å². The van der Waals surface area contributed by atoms with Crippen LogP contribution in [-0.2, 0) is 6.42 Å². The second kappa shape index (κ2) is 19.7. The Morgan fingerprint density at radius 1 is 0.667 bits per heavy atom. The number of aliphatic imine (C=N–C) groups is 1. The fourth-order valence-corrected chi connectivity index (χ4v) is 8.11. The van der Waals surface area contributed by atoms with Gasteiger partial charge in [0.25, 0.3) is 0 Å². The van der Waals surface area contributed by atoms with Gasteiger partial charge >= 0.3 is 0 Å². The summed E-state index contributed by atoms with van der Waals surface area (Å²) in [5.41, 5.74) is 10.0. The summed E-state index contributed by atoms with van der Waals surface area (Å²) in [6, 6.07) is 37.2. The molecule has 8 rings (SSSR count). The largest absolute Gasteiger partial charge is 0.369 e. The number of azo groups is 2. The Balaban J connectivity index is 0.731.